The Labute approximate surface area is 302 Å². The summed E-state index contributed by atoms with van der Waals surface area (Å²) in [5, 5.41) is 9.86. The molecule has 5 aromatic rings. The van der Waals surface area contributed by atoms with Crippen molar-refractivity contribution in [1.29, 1.82) is 0 Å². The molecular weight excluding hydrogens is 625 g/mol. The number of phenols is 1. The fraction of sp³-hybridized carbons (Fsp3) is 0.0400. The average Bonchev–Trinajstić information content (AvgIpc) is 2.82. The molecule has 0 aliphatic carbocycles. The van der Waals surface area contributed by atoms with Crippen LogP contribution in [0.3, 0.4) is 0 Å². The maximum Gasteiger partial charge on any atom is 1.00 e. The topological polar surface area (TPSA) is 192 Å². The van der Waals surface area contributed by atoms with E-state index in [0.29, 0.717) is 11.6 Å². The van der Waals surface area contributed by atoms with E-state index >= 15 is 0 Å². The van der Waals surface area contributed by atoms with Crippen molar-refractivity contribution in [2.45, 2.75) is 21.1 Å². The van der Waals surface area contributed by atoms with Gasteiger partial charge in [0.25, 0.3) is 0 Å². The Morgan fingerprint density at radius 3 is 1.54 bits per heavy atom. The van der Waals surface area contributed by atoms with Gasteiger partial charge in [-0.25, -0.2) is 25.3 Å². The maximum absolute atomic E-state index is 12.5. The summed E-state index contributed by atoms with van der Waals surface area (Å²) in [7, 11) is -15.9. The normalized spacial score (nSPS) is 12.1. The molecule has 0 saturated heterocycles. The van der Waals surface area contributed by atoms with Gasteiger partial charge in [0, 0.05) is 44.3 Å². The molecule has 0 unspecified atom stereocenters. The van der Waals surface area contributed by atoms with Gasteiger partial charge in [0.2, 0.25) is 0 Å². The van der Waals surface area contributed by atoms with E-state index in [1.807, 2.05) is 0 Å². The van der Waals surface area contributed by atoms with Gasteiger partial charge >= 0.3 is 88.7 Å². The van der Waals surface area contributed by atoms with Crippen molar-refractivity contribution in [2.24, 2.45) is 0 Å². The average molecular weight is 641 g/mol. The number of benzene rings is 5. The molecule has 0 spiro atoms. The summed E-state index contributed by atoms with van der Waals surface area (Å²) in [6.45, 7) is 3.65. The van der Waals surface area contributed by atoms with Crippen LogP contribution in [0.15, 0.2) is 75.9 Å². The van der Waals surface area contributed by atoms with Gasteiger partial charge in [-0.05, 0) is 23.3 Å². The van der Waals surface area contributed by atoms with Crippen molar-refractivity contribution in [1.82, 2.24) is 0 Å². The molecule has 10 nitrogen and oxygen atoms in total. The van der Waals surface area contributed by atoms with Gasteiger partial charge < -0.3 is 18.8 Å². The number of hydrogen-bond acceptors (Lipinski definition) is 10. The van der Waals surface area contributed by atoms with E-state index in [4.69, 9.17) is 0 Å². The molecule has 0 fully saturated rings. The molecule has 0 amide bonds. The van der Waals surface area contributed by atoms with Crippen LogP contribution < -0.4 is 88.7 Å². The fourth-order valence-electron chi connectivity index (χ4n) is 4.84. The zero-order valence-electron chi connectivity index (χ0n) is 22.0. The summed E-state index contributed by atoms with van der Waals surface area (Å²) >= 11 is 0. The Hall–Kier alpha value is -0.590. The monoisotopic (exact) mass is 640 g/mol. The molecule has 0 saturated carbocycles. The summed E-state index contributed by atoms with van der Waals surface area (Å²) in [5.74, 6) is -0.615. The standard InChI is InChI=1S/C25H18O10S3.3Na/c1-2-13-3-5-14(6-4-13)11-19-24(26)17-9-7-15-20(36(27,28)29)12-21(37(30,31)32)16-8-10-18(23(17)22(15)16)25(19)38(33,34)35;;;/h2-10,12,26H,1,11H2,(H,27,28,29)(H,30,31,32)(H,33,34,35);;;/q;3*+1/p-3. The third-order valence-electron chi connectivity index (χ3n) is 6.40. The Balaban J connectivity index is 0.00000196. The van der Waals surface area contributed by atoms with Crippen LogP contribution in [-0.4, -0.2) is 44.0 Å². The van der Waals surface area contributed by atoms with Crippen LogP contribution in [0, 0.1) is 0 Å². The summed E-state index contributed by atoms with van der Waals surface area (Å²) in [4.78, 5) is -2.84. The first-order valence-electron chi connectivity index (χ1n) is 10.7. The first kappa shape index (κ1) is 36.6. The van der Waals surface area contributed by atoms with Crippen LogP contribution in [-0.2, 0) is 36.8 Å². The Morgan fingerprint density at radius 2 is 1.10 bits per heavy atom. The molecule has 0 radical (unpaired) electrons. The molecule has 5 aromatic carbocycles. The Morgan fingerprint density at radius 1 is 0.659 bits per heavy atom. The summed E-state index contributed by atoms with van der Waals surface area (Å²) < 4.78 is 110. The van der Waals surface area contributed by atoms with E-state index < -0.39 is 50.8 Å². The molecule has 196 valence electrons. The molecule has 0 heterocycles. The van der Waals surface area contributed by atoms with Crippen LogP contribution >= 0.6 is 0 Å². The Bertz CT molecular complexity index is 2090. The molecule has 41 heavy (non-hydrogen) atoms. The molecule has 0 aliphatic heterocycles. The van der Waals surface area contributed by atoms with E-state index in [0.717, 1.165) is 23.8 Å². The second kappa shape index (κ2) is 12.8. The molecular formula is C25H15Na3O10S3. The van der Waals surface area contributed by atoms with Crippen molar-refractivity contribution in [3.8, 4) is 5.75 Å². The smallest absolute Gasteiger partial charge is 0.744 e. The van der Waals surface area contributed by atoms with E-state index in [1.54, 1.807) is 30.3 Å². The van der Waals surface area contributed by atoms with Gasteiger partial charge in [-0.15, -0.1) is 0 Å². The van der Waals surface area contributed by atoms with Crippen LogP contribution in [0.25, 0.3) is 38.4 Å². The van der Waals surface area contributed by atoms with Gasteiger partial charge in [-0.2, -0.15) is 0 Å². The van der Waals surface area contributed by atoms with Crippen LogP contribution in [0.5, 0.6) is 5.75 Å². The SMILES string of the molecule is C=Cc1ccc(Cc2c(O)c3ccc4c(S(=O)(=O)[O-])cc(S(=O)(=O)[O-])c5ccc(c2S(=O)(=O)[O-])c3c45)cc1.[Na+].[Na+].[Na+]. The van der Waals surface area contributed by atoms with E-state index in [1.165, 1.54) is 6.07 Å². The zero-order chi connectivity index (χ0) is 27.8. The van der Waals surface area contributed by atoms with E-state index in [2.05, 4.69) is 6.58 Å². The molecule has 16 heteroatoms. The first-order valence-corrected chi connectivity index (χ1v) is 14.9. The third-order valence-corrected chi connectivity index (χ3v) is 9.12. The summed E-state index contributed by atoms with van der Waals surface area (Å²) in [6, 6.07) is 11.7. The van der Waals surface area contributed by atoms with Gasteiger partial charge in [-0.3, -0.25) is 0 Å². The predicted octanol–water partition coefficient (Wildman–Crippen LogP) is -5.75. The molecule has 5 rings (SSSR count). The number of phenolic OH excluding ortho intramolecular Hbond substituents is 1. The van der Waals surface area contributed by atoms with Gasteiger partial charge in [0.05, 0.1) is 14.7 Å². The minimum atomic E-state index is -5.32. The molecule has 0 atom stereocenters. The first-order chi connectivity index (χ1) is 17.6. The fourth-order valence-corrected chi connectivity index (χ4v) is 7.23. The number of hydrogen-bond donors (Lipinski definition) is 1. The van der Waals surface area contributed by atoms with Gasteiger partial charge in [0.1, 0.15) is 36.1 Å². The second-order valence-electron chi connectivity index (χ2n) is 8.59. The number of rotatable bonds is 6. The van der Waals surface area contributed by atoms with Crippen molar-refractivity contribution < 1.29 is 133 Å². The van der Waals surface area contributed by atoms with Crippen LogP contribution in [0.2, 0.25) is 0 Å². The Kier molecular flexibility index (Phi) is 11.4. The van der Waals surface area contributed by atoms with Crippen molar-refractivity contribution in [2.75, 3.05) is 0 Å². The number of aromatic hydroxyl groups is 1. The van der Waals surface area contributed by atoms with Gasteiger partial charge in [0.15, 0.2) is 0 Å². The van der Waals surface area contributed by atoms with Crippen LogP contribution in [0.4, 0.5) is 0 Å². The van der Waals surface area contributed by atoms with Crippen LogP contribution in [0.1, 0.15) is 16.7 Å². The van der Waals surface area contributed by atoms with Crippen molar-refractivity contribution in [3.05, 3.63) is 77.9 Å². The van der Waals surface area contributed by atoms with Crippen molar-refractivity contribution >= 4 is 68.7 Å². The van der Waals surface area contributed by atoms with E-state index in [9.17, 15) is 44.0 Å². The largest absolute Gasteiger partial charge is 1.00 e. The molecule has 0 aliphatic rings. The zero-order valence-corrected chi connectivity index (χ0v) is 30.5. The minimum Gasteiger partial charge on any atom is -0.744 e. The second-order valence-corrected chi connectivity index (χ2v) is 12.6. The third kappa shape index (κ3) is 6.60. The molecule has 1 N–H and O–H groups in total. The molecule has 0 aromatic heterocycles. The summed E-state index contributed by atoms with van der Waals surface area (Å²) in [6.07, 6.45) is 1.41. The predicted molar refractivity (Wildman–Crippen MR) is 135 cm³/mol. The molecule has 0 bridgehead atoms. The maximum atomic E-state index is 12.5. The minimum absolute atomic E-state index is 0. The quantitative estimate of drug-likeness (QED) is 0.106. The van der Waals surface area contributed by atoms with Crippen molar-refractivity contribution in [3.63, 3.8) is 0 Å². The summed E-state index contributed by atoms with van der Waals surface area (Å²) in [5.41, 5.74) is 1.09. The van der Waals surface area contributed by atoms with E-state index in [-0.39, 0.29) is 133 Å². The van der Waals surface area contributed by atoms with Gasteiger partial charge in [-0.1, -0.05) is 55.1 Å².